The fraction of sp³-hybridized carbons (Fsp3) is 0.250. The summed E-state index contributed by atoms with van der Waals surface area (Å²) in [6, 6.07) is 1.75. The van der Waals surface area contributed by atoms with Crippen molar-refractivity contribution in [3.05, 3.63) is 28.1 Å². The molecule has 1 aromatic rings. The Hall–Kier alpha value is -0.170. The van der Waals surface area contributed by atoms with Crippen molar-refractivity contribution < 1.29 is 8.42 Å². The van der Waals surface area contributed by atoms with Gasteiger partial charge < -0.3 is 0 Å². The molecule has 0 saturated heterocycles. The highest BCUT2D eigenvalue weighted by molar-refractivity contribution is 9.10. The van der Waals surface area contributed by atoms with Gasteiger partial charge in [0.2, 0.25) is 0 Å². The molecule has 0 bridgehead atoms. The SMILES string of the molecule is O=S(=O)(c1sccc1Br)N1CC=CC1. The third kappa shape index (κ3) is 1.67. The van der Waals surface area contributed by atoms with E-state index >= 15 is 0 Å². The van der Waals surface area contributed by atoms with E-state index in [9.17, 15) is 8.42 Å². The lowest BCUT2D eigenvalue weighted by atomic mass is 10.6. The topological polar surface area (TPSA) is 37.4 Å². The highest BCUT2D eigenvalue weighted by Gasteiger charge is 2.27. The van der Waals surface area contributed by atoms with Crippen LogP contribution in [0.1, 0.15) is 0 Å². The lowest BCUT2D eigenvalue weighted by Crippen LogP contribution is -2.27. The summed E-state index contributed by atoms with van der Waals surface area (Å²) in [7, 11) is -3.28. The molecular formula is C8H8BrNO2S2. The first-order valence-corrected chi connectivity index (χ1v) is 7.12. The molecule has 2 heterocycles. The van der Waals surface area contributed by atoms with E-state index in [-0.39, 0.29) is 0 Å². The van der Waals surface area contributed by atoms with Crippen LogP contribution in [0.25, 0.3) is 0 Å². The van der Waals surface area contributed by atoms with Crippen LogP contribution in [0, 0.1) is 0 Å². The molecule has 1 aromatic heterocycles. The molecule has 0 radical (unpaired) electrons. The van der Waals surface area contributed by atoms with Crippen LogP contribution in [-0.4, -0.2) is 25.8 Å². The van der Waals surface area contributed by atoms with E-state index in [1.165, 1.54) is 15.6 Å². The summed E-state index contributed by atoms with van der Waals surface area (Å²) < 4.78 is 26.5. The Morgan fingerprint density at radius 2 is 2.00 bits per heavy atom. The second-order valence-corrected chi connectivity index (χ2v) is 6.75. The first kappa shape index (κ1) is 10.4. The van der Waals surface area contributed by atoms with E-state index in [1.807, 2.05) is 12.2 Å². The van der Waals surface area contributed by atoms with Crippen LogP contribution in [0.15, 0.2) is 32.3 Å². The molecule has 1 aliphatic heterocycles. The van der Waals surface area contributed by atoms with Gasteiger partial charge in [-0.2, -0.15) is 4.31 Å². The highest BCUT2D eigenvalue weighted by atomic mass is 79.9. The molecule has 1 aliphatic rings. The predicted molar refractivity (Wildman–Crippen MR) is 59.9 cm³/mol. The Balaban J connectivity index is 2.38. The third-order valence-electron chi connectivity index (χ3n) is 1.94. The summed E-state index contributed by atoms with van der Waals surface area (Å²) in [6.07, 6.45) is 3.72. The molecule has 0 N–H and O–H groups in total. The summed E-state index contributed by atoms with van der Waals surface area (Å²) in [5.74, 6) is 0. The third-order valence-corrected chi connectivity index (χ3v) is 6.42. The van der Waals surface area contributed by atoms with Gasteiger partial charge in [0, 0.05) is 17.6 Å². The van der Waals surface area contributed by atoms with Crippen LogP contribution in [-0.2, 0) is 10.0 Å². The summed E-state index contributed by atoms with van der Waals surface area (Å²) in [4.78, 5) is 0. The zero-order valence-corrected chi connectivity index (χ0v) is 10.4. The Kier molecular flexibility index (Phi) is 2.79. The van der Waals surface area contributed by atoms with Gasteiger partial charge in [-0.1, -0.05) is 12.2 Å². The van der Waals surface area contributed by atoms with Gasteiger partial charge in [-0.25, -0.2) is 8.42 Å². The molecule has 0 saturated carbocycles. The molecule has 14 heavy (non-hydrogen) atoms. The predicted octanol–water partition coefficient (Wildman–Crippen LogP) is 2.07. The second-order valence-electron chi connectivity index (χ2n) is 2.85. The van der Waals surface area contributed by atoms with Crippen molar-refractivity contribution in [1.29, 1.82) is 0 Å². The molecule has 0 amide bonds. The van der Waals surface area contributed by atoms with Crippen molar-refractivity contribution in [1.82, 2.24) is 4.31 Å². The van der Waals surface area contributed by atoms with Crippen molar-refractivity contribution in [2.75, 3.05) is 13.1 Å². The van der Waals surface area contributed by atoms with E-state index in [4.69, 9.17) is 0 Å². The number of thiophene rings is 1. The maximum atomic E-state index is 12.0. The molecule has 0 aliphatic carbocycles. The Morgan fingerprint density at radius 1 is 1.36 bits per heavy atom. The number of hydrogen-bond donors (Lipinski definition) is 0. The quantitative estimate of drug-likeness (QED) is 0.783. The smallest absolute Gasteiger partial charge is 0.206 e. The highest BCUT2D eigenvalue weighted by Crippen LogP contribution is 2.30. The van der Waals surface area contributed by atoms with Gasteiger partial charge in [-0.3, -0.25) is 0 Å². The molecule has 0 atom stereocenters. The lowest BCUT2D eigenvalue weighted by Gasteiger charge is -2.14. The van der Waals surface area contributed by atoms with Gasteiger partial charge in [-0.05, 0) is 27.4 Å². The molecule has 6 heteroatoms. The summed E-state index contributed by atoms with van der Waals surface area (Å²) in [6.45, 7) is 0.958. The van der Waals surface area contributed by atoms with Crippen LogP contribution in [0.3, 0.4) is 0 Å². The number of hydrogen-bond acceptors (Lipinski definition) is 3. The standard InChI is InChI=1S/C8H8BrNO2S2/c9-7-3-6-13-8(7)14(11,12)10-4-1-2-5-10/h1-3,6H,4-5H2. The minimum absolute atomic E-state index is 0.390. The van der Waals surface area contributed by atoms with Gasteiger partial charge in [0.05, 0.1) is 0 Å². The molecule has 0 aromatic carbocycles. The molecule has 0 unspecified atom stereocenters. The zero-order valence-electron chi connectivity index (χ0n) is 7.18. The van der Waals surface area contributed by atoms with Crippen molar-refractivity contribution in [2.45, 2.75) is 4.21 Å². The normalized spacial score (nSPS) is 17.8. The first-order chi connectivity index (χ1) is 6.62. The van der Waals surface area contributed by atoms with E-state index in [2.05, 4.69) is 15.9 Å². The number of nitrogens with zero attached hydrogens (tertiary/aromatic N) is 1. The molecule has 76 valence electrons. The van der Waals surface area contributed by atoms with Crippen LogP contribution in [0.5, 0.6) is 0 Å². The van der Waals surface area contributed by atoms with Gasteiger partial charge in [0.15, 0.2) is 0 Å². The average molecular weight is 294 g/mol. The summed E-state index contributed by atoms with van der Waals surface area (Å²) in [5, 5.41) is 1.76. The van der Waals surface area contributed by atoms with Crippen molar-refractivity contribution in [2.24, 2.45) is 0 Å². The Morgan fingerprint density at radius 3 is 2.50 bits per heavy atom. The van der Waals surface area contributed by atoms with Gasteiger partial charge in [0.25, 0.3) is 10.0 Å². The number of rotatable bonds is 2. The van der Waals surface area contributed by atoms with Crippen molar-refractivity contribution in [3.63, 3.8) is 0 Å². The van der Waals surface area contributed by atoms with Crippen LogP contribution in [0.4, 0.5) is 0 Å². The fourth-order valence-electron chi connectivity index (χ4n) is 1.24. The van der Waals surface area contributed by atoms with E-state index in [0.29, 0.717) is 21.8 Å². The molecular weight excluding hydrogens is 286 g/mol. The molecule has 2 rings (SSSR count). The Labute approximate surface area is 95.2 Å². The Bertz CT molecular complexity index is 455. The van der Waals surface area contributed by atoms with Crippen LogP contribution >= 0.6 is 27.3 Å². The van der Waals surface area contributed by atoms with Crippen molar-refractivity contribution >= 4 is 37.3 Å². The average Bonchev–Trinajstić information content (AvgIpc) is 2.72. The first-order valence-electron chi connectivity index (χ1n) is 4.00. The minimum atomic E-state index is -3.28. The van der Waals surface area contributed by atoms with Crippen LogP contribution < -0.4 is 0 Å². The van der Waals surface area contributed by atoms with Crippen LogP contribution in [0.2, 0.25) is 0 Å². The second kappa shape index (κ2) is 3.77. The minimum Gasteiger partial charge on any atom is -0.206 e. The fourth-order valence-corrected chi connectivity index (χ4v) is 5.03. The van der Waals surface area contributed by atoms with Gasteiger partial charge in [0.1, 0.15) is 4.21 Å². The number of sulfonamides is 1. The molecule has 3 nitrogen and oxygen atoms in total. The molecule has 0 fully saturated rings. The molecule has 0 spiro atoms. The lowest BCUT2D eigenvalue weighted by molar-refractivity contribution is 0.489. The number of halogens is 1. The zero-order chi connectivity index (χ0) is 10.2. The maximum absolute atomic E-state index is 12.0. The summed E-state index contributed by atoms with van der Waals surface area (Å²) in [5.41, 5.74) is 0. The van der Waals surface area contributed by atoms with E-state index in [0.717, 1.165) is 0 Å². The van der Waals surface area contributed by atoms with Crippen molar-refractivity contribution in [3.8, 4) is 0 Å². The monoisotopic (exact) mass is 293 g/mol. The largest absolute Gasteiger partial charge is 0.254 e. The van der Waals surface area contributed by atoms with E-state index < -0.39 is 10.0 Å². The maximum Gasteiger partial charge on any atom is 0.254 e. The van der Waals surface area contributed by atoms with Gasteiger partial charge in [-0.15, -0.1) is 11.3 Å². The summed E-state index contributed by atoms with van der Waals surface area (Å²) >= 11 is 4.47. The van der Waals surface area contributed by atoms with Gasteiger partial charge >= 0.3 is 0 Å². The van der Waals surface area contributed by atoms with E-state index in [1.54, 1.807) is 11.4 Å².